The molecule has 2 aliphatic heterocycles. The number of ether oxygens (including phenoxy) is 2. The number of amides is 6. The first kappa shape index (κ1) is 42.1. The summed E-state index contributed by atoms with van der Waals surface area (Å²) < 4.78 is 15.2. The fourth-order valence-electron chi connectivity index (χ4n) is 6.20. The molecule has 2 aromatic heterocycles. The number of hydrogen-bond acceptors (Lipinski definition) is 10. The second-order valence-electron chi connectivity index (χ2n) is 13.6. The Kier molecular flexibility index (Phi) is 13.4. The Labute approximate surface area is 350 Å². The Morgan fingerprint density at radius 2 is 1.19 bits per heavy atom. The second kappa shape index (κ2) is 18.8. The lowest BCUT2D eigenvalue weighted by Gasteiger charge is -2.11. The fourth-order valence-corrected chi connectivity index (χ4v) is 8.14. The van der Waals surface area contributed by atoms with Crippen molar-refractivity contribution in [2.45, 2.75) is 66.3 Å². The van der Waals surface area contributed by atoms with E-state index in [0.717, 1.165) is 42.3 Å². The Bertz CT molecular complexity index is 2470. The number of benzene rings is 4. The fraction of sp³-hybridized carbons (Fsp3) is 0.209. The van der Waals surface area contributed by atoms with Crippen LogP contribution < -0.4 is 30.7 Å². The van der Waals surface area contributed by atoms with Gasteiger partial charge in [-0.1, -0.05) is 90.6 Å². The maximum Gasteiger partial charge on any atom is 0.322 e. The largest absolute Gasteiger partial charge is 0.489 e. The summed E-state index contributed by atoms with van der Waals surface area (Å²) in [5, 5.41) is 14.8. The molecular weight excluding hydrogens is 789 g/mol. The summed E-state index contributed by atoms with van der Waals surface area (Å²) in [6.45, 7) is 5.14. The highest BCUT2D eigenvalue weighted by Gasteiger charge is 2.36. The highest BCUT2D eigenvalue weighted by Crippen LogP contribution is 2.36. The quantitative estimate of drug-likeness (QED) is 0.0917. The zero-order valence-electron chi connectivity index (χ0n) is 32.0. The van der Waals surface area contributed by atoms with Crippen LogP contribution in [-0.4, -0.2) is 43.2 Å². The lowest BCUT2D eigenvalue weighted by Crippen LogP contribution is -2.23. The topological polar surface area (TPSA) is 170 Å². The molecule has 2 saturated heterocycles. The van der Waals surface area contributed by atoms with Gasteiger partial charge in [0.2, 0.25) is 0 Å². The lowest BCUT2D eigenvalue weighted by atomic mass is 10.1. The van der Waals surface area contributed by atoms with E-state index in [2.05, 4.69) is 69.5 Å². The van der Waals surface area contributed by atoms with Crippen LogP contribution in [0.25, 0.3) is 0 Å². The van der Waals surface area contributed by atoms with Crippen LogP contribution in [0.4, 0.5) is 9.59 Å². The number of carbonyl (C=O) groups excluding carboxylic acids is 4. The Balaban J connectivity index is 0.000000195. The van der Waals surface area contributed by atoms with Crippen molar-refractivity contribution in [3.05, 3.63) is 143 Å². The molecule has 4 N–H and O–H groups in total. The molecule has 4 aromatic carbocycles. The third-order valence-corrected chi connectivity index (χ3v) is 11.3. The van der Waals surface area contributed by atoms with Gasteiger partial charge in [-0.25, -0.2) is 14.6 Å². The van der Waals surface area contributed by atoms with Crippen molar-refractivity contribution in [3.63, 3.8) is 0 Å². The Morgan fingerprint density at radius 1 is 0.678 bits per heavy atom. The third-order valence-electron chi connectivity index (χ3n) is 9.02. The highest BCUT2D eigenvalue weighted by molar-refractivity contribution is 7.99. The molecule has 8 rings (SSSR count). The van der Waals surface area contributed by atoms with Crippen molar-refractivity contribution >= 4 is 47.4 Å². The molecule has 16 heteroatoms. The summed E-state index contributed by atoms with van der Waals surface area (Å²) >= 11 is 2.96. The number of urea groups is 2. The van der Waals surface area contributed by atoms with E-state index in [0.29, 0.717) is 24.6 Å². The molecule has 0 saturated carbocycles. The molecule has 2 fully saturated rings. The Hall–Kier alpha value is -6.52. The highest BCUT2D eigenvalue weighted by atomic mass is 32.2. The molecule has 2 aliphatic rings. The van der Waals surface area contributed by atoms with Gasteiger partial charge in [0.05, 0.1) is 23.1 Å². The van der Waals surface area contributed by atoms with E-state index in [1.54, 1.807) is 24.3 Å². The van der Waals surface area contributed by atoms with Gasteiger partial charge in [-0.05, 0) is 73.5 Å². The van der Waals surface area contributed by atoms with Gasteiger partial charge >= 0.3 is 12.1 Å². The zero-order valence-corrected chi connectivity index (χ0v) is 33.6. The predicted octanol–water partition coefficient (Wildman–Crippen LogP) is 7.31. The van der Waals surface area contributed by atoms with Crippen LogP contribution >= 0.6 is 23.5 Å². The molecule has 14 nitrogen and oxygen atoms in total. The first-order valence-corrected chi connectivity index (χ1v) is 19.8. The molecule has 304 valence electrons. The minimum absolute atomic E-state index is 0. The monoisotopic (exact) mass is 832 g/mol. The molecule has 2 atom stereocenters. The molecule has 0 bridgehead atoms. The van der Waals surface area contributed by atoms with E-state index >= 15 is 0 Å². The molecule has 6 aromatic rings. The molecule has 0 aliphatic carbocycles. The number of aryl methyl sites for hydroxylation is 4. The van der Waals surface area contributed by atoms with E-state index in [4.69, 9.17) is 9.47 Å². The number of imide groups is 2. The van der Waals surface area contributed by atoms with E-state index in [1.807, 2.05) is 84.4 Å². The second-order valence-corrected chi connectivity index (χ2v) is 15.7. The smallest absolute Gasteiger partial charge is 0.322 e. The first-order valence-electron chi connectivity index (χ1n) is 18.2. The average Bonchev–Trinajstić information content (AvgIpc) is 3.95. The number of hydrogen-bond donors (Lipinski definition) is 4. The maximum absolute atomic E-state index is 12.0. The van der Waals surface area contributed by atoms with Gasteiger partial charge in [-0.15, -0.1) is 0 Å². The van der Waals surface area contributed by atoms with Gasteiger partial charge in [-0.2, -0.15) is 5.10 Å². The molecule has 0 radical (unpaired) electrons. The van der Waals surface area contributed by atoms with Crippen LogP contribution in [0.1, 0.15) is 53.2 Å². The lowest BCUT2D eigenvalue weighted by molar-refractivity contribution is -0.121. The van der Waals surface area contributed by atoms with Crippen LogP contribution in [0.3, 0.4) is 0 Å². The van der Waals surface area contributed by atoms with Crippen LogP contribution in [0, 0.1) is 13.8 Å². The van der Waals surface area contributed by atoms with Gasteiger partial charge in [-0.3, -0.25) is 24.9 Å². The number of nitrogens with zero attached hydrogens (tertiary/aromatic N) is 4. The van der Waals surface area contributed by atoms with Gasteiger partial charge in [0, 0.05) is 23.9 Å². The van der Waals surface area contributed by atoms with E-state index in [1.165, 1.54) is 34.7 Å². The van der Waals surface area contributed by atoms with E-state index in [9.17, 15) is 19.2 Å². The normalized spacial score (nSPS) is 15.6. The van der Waals surface area contributed by atoms with Crippen molar-refractivity contribution in [2.24, 2.45) is 14.1 Å². The van der Waals surface area contributed by atoms with Crippen LogP contribution in [0.2, 0.25) is 0 Å². The number of carbonyl (C=O) groups is 4. The van der Waals surface area contributed by atoms with Gasteiger partial charge in [0.1, 0.15) is 35.4 Å². The number of aromatic nitrogens is 4. The maximum atomic E-state index is 12.0. The molecule has 0 spiro atoms. The third kappa shape index (κ3) is 10.5. The molecular formula is C43H44N8O6S2. The van der Waals surface area contributed by atoms with Crippen molar-refractivity contribution in [1.82, 2.24) is 40.6 Å². The summed E-state index contributed by atoms with van der Waals surface area (Å²) in [5.41, 5.74) is 5.84. The molecule has 6 amide bonds. The SMILES string of the molecule is C.Cc1cccc(COc2ccc(Sc3c(C4NC(=O)NC4=O)ncn3C)cc2)c1.Cc1cccc(COc2ccc(Sc3cnn(C)c3C3NC(=O)NC3=O)cc2)c1. The van der Waals surface area contributed by atoms with E-state index < -0.39 is 30.1 Å². The summed E-state index contributed by atoms with van der Waals surface area (Å²) in [5.74, 6) is 0.795. The first-order chi connectivity index (χ1) is 28.0. The number of rotatable bonds is 12. The summed E-state index contributed by atoms with van der Waals surface area (Å²) in [4.78, 5) is 54.0. The van der Waals surface area contributed by atoms with E-state index in [-0.39, 0.29) is 13.3 Å². The van der Waals surface area contributed by atoms with Crippen LogP contribution in [0.15, 0.2) is 129 Å². The van der Waals surface area contributed by atoms with Crippen LogP contribution in [0.5, 0.6) is 11.5 Å². The minimum atomic E-state index is -0.775. The number of nitrogens with one attached hydrogen (secondary N) is 4. The van der Waals surface area contributed by atoms with Crippen LogP contribution in [-0.2, 0) is 36.9 Å². The van der Waals surface area contributed by atoms with Gasteiger partial charge in [0.15, 0.2) is 12.1 Å². The van der Waals surface area contributed by atoms with Crippen molar-refractivity contribution in [1.29, 1.82) is 0 Å². The number of imidazole rings is 1. The van der Waals surface area contributed by atoms with Crippen molar-refractivity contribution < 1.29 is 28.7 Å². The van der Waals surface area contributed by atoms with Crippen molar-refractivity contribution in [2.75, 3.05) is 0 Å². The summed E-state index contributed by atoms with van der Waals surface area (Å²) in [6.07, 6.45) is 3.33. The summed E-state index contributed by atoms with van der Waals surface area (Å²) in [6, 6.07) is 29.4. The predicted molar refractivity (Wildman–Crippen MR) is 224 cm³/mol. The van der Waals surface area contributed by atoms with Crippen molar-refractivity contribution in [3.8, 4) is 11.5 Å². The standard InChI is InChI=1S/2C21H20N4O3S.CH4/c1-13-4-3-5-14(10-13)12-28-15-6-8-16(9-7-15)29-17-11-22-25(2)19(17)18-20(26)24-21(27)23-18;1-13-4-3-5-14(10-13)11-28-15-6-8-16(9-7-15)29-20-18(22-12-25(20)2)17-19(26)24-21(27)23-17;/h3-11,18H,12H2,1-2H3,(H2,23,24,26,27);3-10,12,17H,11H2,1-2H3,(H2,23,24,26,27);1H4. The van der Waals surface area contributed by atoms with Gasteiger partial charge < -0.3 is 24.7 Å². The minimum Gasteiger partial charge on any atom is -0.489 e. The Morgan fingerprint density at radius 3 is 1.68 bits per heavy atom. The van der Waals surface area contributed by atoms with Gasteiger partial charge in [0.25, 0.3) is 11.8 Å². The molecule has 59 heavy (non-hydrogen) atoms. The molecule has 2 unspecified atom stereocenters. The summed E-state index contributed by atoms with van der Waals surface area (Å²) in [7, 11) is 3.60. The average molecular weight is 833 g/mol. The molecule has 4 heterocycles. The zero-order chi connectivity index (χ0) is 40.8.